The molecule has 9 heteroatoms. The maximum Gasteiger partial charge on any atom is 0.269 e. The van der Waals surface area contributed by atoms with Crippen molar-refractivity contribution in [3.05, 3.63) is 29.3 Å². The van der Waals surface area contributed by atoms with E-state index >= 15 is 0 Å². The monoisotopic (exact) mass is 395 g/mol. The summed E-state index contributed by atoms with van der Waals surface area (Å²) < 4.78 is 31.1. The smallest absolute Gasteiger partial charge is 0.269 e. The van der Waals surface area contributed by atoms with Crippen molar-refractivity contribution in [2.75, 3.05) is 33.4 Å². The van der Waals surface area contributed by atoms with Crippen LogP contribution in [-0.4, -0.2) is 68.8 Å². The number of fused-ring (bicyclic) bond motifs is 1. The van der Waals surface area contributed by atoms with Gasteiger partial charge < -0.3 is 15.4 Å². The molecule has 0 aliphatic carbocycles. The molecule has 0 aromatic heterocycles. The Hall–Kier alpha value is -1.97. The van der Waals surface area contributed by atoms with Gasteiger partial charge in [-0.25, -0.2) is 12.7 Å². The fraction of sp³-hybridized carbons (Fsp3) is 0.556. The summed E-state index contributed by atoms with van der Waals surface area (Å²) in [5.41, 5.74) is 6.21. The van der Waals surface area contributed by atoms with Crippen LogP contribution in [0.15, 0.2) is 23.1 Å². The predicted molar refractivity (Wildman–Crippen MR) is 98.8 cm³/mol. The number of amides is 2. The first kappa shape index (κ1) is 19.8. The molecule has 27 heavy (non-hydrogen) atoms. The molecule has 2 atom stereocenters. The topological polar surface area (TPSA) is 110 Å². The Bertz CT molecular complexity index is 855. The molecule has 2 N–H and O–H groups in total. The number of benzene rings is 1. The lowest BCUT2D eigenvalue weighted by Gasteiger charge is -2.39. The van der Waals surface area contributed by atoms with E-state index in [1.807, 2.05) is 0 Å². The van der Waals surface area contributed by atoms with Crippen LogP contribution in [0, 0.1) is 5.92 Å². The third kappa shape index (κ3) is 3.35. The van der Waals surface area contributed by atoms with Crippen molar-refractivity contribution in [2.24, 2.45) is 11.7 Å². The van der Waals surface area contributed by atoms with E-state index in [-0.39, 0.29) is 47.0 Å². The Balaban J connectivity index is 1.93. The number of hydrogen-bond donors (Lipinski definition) is 1. The molecule has 1 saturated heterocycles. The summed E-state index contributed by atoms with van der Waals surface area (Å²) in [6.07, 6.45) is 1.89. The second kappa shape index (κ2) is 7.57. The van der Waals surface area contributed by atoms with Crippen LogP contribution in [-0.2, 0) is 14.8 Å². The third-order valence-electron chi connectivity index (χ3n) is 5.37. The van der Waals surface area contributed by atoms with Crippen molar-refractivity contribution in [3.63, 3.8) is 0 Å². The van der Waals surface area contributed by atoms with E-state index in [1.54, 1.807) is 4.90 Å². The van der Waals surface area contributed by atoms with Gasteiger partial charge in [-0.3, -0.25) is 9.59 Å². The Kier molecular flexibility index (Phi) is 5.55. The van der Waals surface area contributed by atoms with E-state index in [9.17, 15) is 18.0 Å². The molecule has 0 bridgehead atoms. The van der Waals surface area contributed by atoms with E-state index in [1.165, 1.54) is 25.3 Å². The van der Waals surface area contributed by atoms with Crippen molar-refractivity contribution >= 4 is 21.8 Å². The molecule has 2 amide bonds. The van der Waals surface area contributed by atoms with Crippen molar-refractivity contribution < 1.29 is 22.7 Å². The molecule has 148 valence electrons. The molecule has 0 unspecified atom stereocenters. The largest absolute Gasteiger partial charge is 0.383 e. The second-order valence-corrected chi connectivity index (χ2v) is 8.84. The molecule has 1 fully saturated rings. The molecular weight excluding hydrogens is 370 g/mol. The molecule has 2 heterocycles. The summed E-state index contributed by atoms with van der Waals surface area (Å²) >= 11 is 0. The number of piperidine rings is 1. The molecule has 0 spiro atoms. The van der Waals surface area contributed by atoms with Crippen molar-refractivity contribution in [1.29, 1.82) is 0 Å². The molecule has 1 aromatic rings. The zero-order chi connectivity index (χ0) is 19.8. The number of nitrogens with zero attached hydrogens (tertiary/aromatic N) is 2. The lowest BCUT2D eigenvalue weighted by atomic mass is 9.90. The number of rotatable bonds is 5. The van der Waals surface area contributed by atoms with Crippen LogP contribution >= 0.6 is 0 Å². The summed E-state index contributed by atoms with van der Waals surface area (Å²) in [5.74, 6) is -0.553. The van der Waals surface area contributed by atoms with Crippen molar-refractivity contribution in [3.8, 4) is 0 Å². The number of nitrogens with two attached hydrogens (primary N) is 1. The number of carbonyl (C=O) groups is 2. The van der Waals surface area contributed by atoms with Crippen LogP contribution in [0.2, 0.25) is 0 Å². The summed E-state index contributed by atoms with van der Waals surface area (Å²) in [6.45, 7) is 3.06. The molecule has 1 aromatic carbocycles. The molecule has 3 rings (SSSR count). The minimum atomic E-state index is -3.98. The second-order valence-electron chi connectivity index (χ2n) is 7.01. The van der Waals surface area contributed by atoms with E-state index in [0.29, 0.717) is 13.1 Å². The first-order valence-electron chi connectivity index (χ1n) is 9.04. The fourth-order valence-electron chi connectivity index (χ4n) is 3.83. The molecule has 2 aliphatic heterocycles. The summed E-state index contributed by atoms with van der Waals surface area (Å²) in [6, 6.07) is 4.17. The fourth-order valence-corrected chi connectivity index (χ4v) is 5.41. The normalized spacial score (nSPS) is 24.2. The Morgan fingerprint density at radius 1 is 1.37 bits per heavy atom. The van der Waals surface area contributed by atoms with Gasteiger partial charge in [-0.1, -0.05) is 6.92 Å². The van der Waals surface area contributed by atoms with Gasteiger partial charge in [-0.2, -0.15) is 0 Å². The Morgan fingerprint density at radius 3 is 2.78 bits per heavy atom. The number of likely N-dealkylation sites (tertiary alicyclic amines) is 1. The van der Waals surface area contributed by atoms with Crippen LogP contribution in [0.3, 0.4) is 0 Å². The van der Waals surface area contributed by atoms with Crippen molar-refractivity contribution in [1.82, 2.24) is 9.21 Å². The highest BCUT2D eigenvalue weighted by Crippen LogP contribution is 2.32. The number of sulfonamides is 1. The highest BCUT2D eigenvalue weighted by molar-refractivity contribution is 7.90. The van der Waals surface area contributed by atoms with Gasteiger partial charge in [0.2, 0.25) is 0 Å². The highest BCUT2D eigenvalue weighted by atomic mass is 32.2. The van der Waals surface area contributed by atoms with E-state index < -0.39 is 15.9 Å². The van der Waals surface area contributed by atoms with Gasteiger partial charge in [-0.15, -0.1) is 0 Å². The van der Waals surface area contributed by atoms with E-state index in [4.69, 9.17) is 10.5 Å². The minimum absolute atomic E-state index is 0.0610. The lowest BCUT2D eigenvalue weighted by molar-refractivity contribution is 0.0532. The molecule has 2 aliphatic rings. The number of ether oxygens (including phenoxy) is 1. The van der Waals surface area contributed by atoms with Crippen LogP contribution in [0.1, 0.15) is 40.5 Å². The van der Waals surface area contributed by atoms with Crippen LogP contribution in [0.4, 0.5) is 0 Å². The van der Waals surface area contributed by atoms with Gasteiger partial charge in [0, 0.05) is 31.8 Å². The average Bonchev–Trinajstić information content (AvgIpc) is 2.84. The molecule has 8 nitrogen and oxygen atoms in total. The Morgan fingerprint density at radius 2 is 2.11 bits per heavy atom. The quantitative estimate of drug-likeness (QED) is 0.785. The zero-order valence-corrected chi connectivity index (χ0v) is 16.4. The van der Waals surface area contributed by atoms with Gasteiger partial charge in [-0.05, 0) is 37.0 Å². The average molecular weight is 395 g/mol. The maximum absolute atomic E-state index is 13.0. The van der Waals surface area contributed by atoms with Gasteiger partial charge in [0.1, 0.15) is 4.90 Å². The van der Waals surface area contributed by atoms with Crippen LogP contribution in [0.5, 0.6) is 0 Å². The van der Waals surface area contributed by atoms with Gasteiger partial charge in [0.05, 0.1) is 18.7 Å². The summed E-state index contributed by atoms with van der Waals surface area (Å²) in [4.78, 5) is 27.0. The Labute approximate surface area is 159 Å². The third-order valence-corrected chi connectivity index (χ3v) is 7.19. The number of methoxy groups -OCH3 is 1. The molecular formula is C18H25N3O5S. The van der Waals surface area contributed by atoms with Crippen molar-refractivity contribution in [2.45, 2.75) is 30.7 Å². The highest BCUT2D eigenvalue weighted by Gasteiger charge is 2.42. The first-order valence-corrected chi connectivity index (χ1v) is 10.5. The lowest BCUT2D eigenvalue weighted by Crippen LogP contribution is -2.51. The van der Waals surface area contributed by atoms with Crippen LogP contribution in [0.25, 0.3) is 0 Å². The standard InChI is InChI=1S/C18H25N3O5S/c1-12-4-3-7-20(15(12)11-19)17(22)13-5-6-14-16(10-13)27(24,25)21(18(14)23)8-9-26-2/h5-6,10,12,15H,3-4,7-9,11,19H2,1-2H3/t12-,15-/m1/s1. The van der Waals surface area contributed by atoms with E-state index in [0.717, 1.165) is 17.1 Å². The zero-order valence-electron chi connectivity index (χ0n) is 15.6. The maximum atomic E-state index is 13.0. The SMILES string of the molecule is COCCN1C(=O)c2ccc(C(=O)N3CCC[C@@H](C)[C@H]3CN)cc2S1(=O)=O. The van der Waals surface area contributed by atoms with Gasteiger partial charge in [0.25, 0.3) is 21.8 Å². The molecule has 0 saturated carbocycles. The molecule has 0 radical (unpaired) electrons. The summed E-state index contributed by atoms with van der Waals surface area (Å²) in [5, 5.41) is 0. The van der Waals surface area contributed by atoms with Crippen LogP contribution < -0.4 is 5.73 Å². The number of hydrogen-bond acceptors (Lipinski definition) is 6. The van der Waals surface area contributed by atoms with Gasteiger partial charge >= 0.3 is 0 Å². The minimum Gasteiger partial charge on any atom is -0.383 e. The van der Waals surface area contributed by atoms with E-state index in [2.05, 4.69) is 6.92 Å². The first-order chi connectivity index (χ1) is 12.8. The van der Waals surface area contributed by atoms with Gasteiger partial charge in [0.15, 0.2) is 0 Å². The number of carbonyl (C=O) groups excluding carboxylic acids is 2. The summed E-state index contributed by atoms with van der Waals surface area (Å²) in [7, 11) is -2.54. The predicted octanol–water partition coefficient (Wildman–Crippen LogP) is 0.677.